The van der Waals surface area contributed by atoms with Crippen molar-refractivity contribution in [2.75, 3.05) is 23.4 Å². The average molecular weight is 423 g/mol. The van der Waals surface area contributed by atoms with Gasteiger partial charge in [-0.1, -0.05) is 13.8 Å². The first-order chi connectivity index (χ1) is 9.67. The van der Waals surface area contributed by atoms with Gasteiger partial charge in [-0.15, -0.1) is 11.8 Å². The summed E-state index contributed by atoms with van der Waals surface area (Å²) in [6, 6.07) is 0. The number of hydrogen-bond acceptors (Lipinski definition) is 5. The number of nitrogens with zero attached hydrogens (tertiary/aromatic N) is 2. The minimum absolute atomic E-state index is 0.441. The maximum atomic E-state index is 4.83. The van der Waals surface area contributed by atoms with Gasteiger partial charge < -0.3 is 5.32 Å². The van der Waals surface area contributed by atoms with E-state index in [-0.39, 0.29) is 0 Å². The van der Waals surface area contributed by atoms with Crippen molar-refractivity contribution < 1.29 is 0 Å². The van der Waals surface area contributed by atoms with Crippen LogP contribution in [-0.2, 0) is 0 Å². The Hall–Kier alpha value is 0.310. The fraction of sp³-hybridized carbons (Fsp3) is 0.714. The van der Waals surface area contributed by atoms with Gasteiger partial charge in [0, 0.05) is 23.3 Å². The first kappa shape index (κ1) is 16.7. The van der Waals surface area contributed by atoms with Crippen LogP contribution >= 0.6 is 46.1 Å². The van der Waals surface area contributed by atoms with Crippen LogP contribution in [0.25, 0.3) is 0 Å². The summed E-state index contributed by atoms with van der Waals surface area (Å²) in [4.78, 5) is 9.60. The van der Waals surface area contributed by atoms with Crippen molar-refractivity contribution in [3.63, 3.8) is 0 Å². The molecule has 2 unspecified atom stereocenters. The van der Waals surface area contributed by atoms with Crippen molar-refractivity contribution in [3.05, 3.63) is 15.1 Å². The van der Waals surface area contributed by atoms with Crippen LogP contribution in [-0.4, -0.2) is 33.3 Å². The largest absolute Gasteiger partial charge is 0.369 e. The molecule has 0 radical (unpaired) electrons. The molecule has 0 aromatic carbocycles. The summed E-state index contributed by atoms with van der Waals surface area (Å²) < 4.78 is 1.15. The number of nitrogens with one attached hydrogen (secondary N) is 1. The quantitative estimate of drug-likeness (QED) is 0.706. The van der Waals surface area contributed by atoms with E-state index < -0.39 is 0 Å². The second-order valence-electron chi connectivity index (χ2n) is 4.87. The Morgan fingerprint density at radius 3 is 2.70 bits per heavy atom. The van der Waals surface area contributed by atoms with Crippen LogP contribution in [0.3, 0.4) is 0 Å². The number of halogens is 1. The molecule has 0 saturated carbocycles. The Labute approximate surface area is 144 Å². The van der Waals surface area contributed by atoms with Gasteiger partial charge >= 0.3 is 0 Å². The molecule has 3 nitrogen and oxygen atoms in total. The monoisotopic (exact) mass is 423 g/mol. The zero-order valence-corrected chi connectivity index (χ0v) is 16.1. The highest BCUT2D eigenvalue weighted by Gasteiger charge is 2.29. The molecule has 1 aromatic rings. The molecule has 6 heteroatoms. The Morgan fingerprint density at radius 1 is 1.25 bits per heavy atom. The highest BCUT2D eigenvalue weighted by molar-refractivity contribution is 14.1. The van der Waals surface area contributed by atoms with Crippen LogP contribution < -0.4 is 5.32 Å². The minimum atomic E-state index is 0.441. The van der Waals surface area contributed by atoms with Crippen molar-refractivity contribution in [1.29, 1.82) is 0 Å². The van der Waals surface area contributed by atoms with Gasteiger partial charge in [0.15, 0.2) is 0 Å². The van der Waals surface area contributed by atoms with E-state index in [1.165, 1.54) is 17.9 Å². The standard InChI is InChI=1S/C14H22IN3S2/c1-4-6-16-13-11(15)9(3)17-14(18-13)12-10(5-2)19-7-8-20-12/h10,12H,4-8H2,1-3H3,(H,16,17,18). The SMILES string of the molecule is CCCNc1nc(C2SCCSC2CC)nc(C)c1I. The van der Waals surface area contributed by atoms with E-state index in [1.54, 1.807) is 0 Å². The van der Waals surface area contributed by atoms with Crippen LogP contribution in [0, 0.1) is 10.5 Å². The predicted molar refractivity (Wildman–Crippen MR) is 100 cm³/mol. The van der Waals surface area contributed by atoms with Gasteiger partial charge in [0.25, 0.3) is 0 Å². The predicted octanol–water partition coefficient (Wildman–Crippen LogP) is 4.51. The molecule has 1 aromatic heterocycles. The number of thioether (sulfide) groups is 2. The van der Waals surface area contributed by atoms with Crippen molar-refractivity contribution in [2.24, 2.45) is 0 Å². The van der Waals surface area contributed by atoms with E-state index in [1.807, 2.05) is 11.8 Å². The van der Waals surface area contributed by atoms with E-state index in [9.17, 15) is 0 Å². The van der Waals surface area contributed by atoms with Gasteiger partial charge in [0.1, 0.15) is 11.6 Å². The summed E-state index contributed by atoms with van der Waals surface area (Å²) in [6.45, 7) is 7.50. The summed E-state index contributed by atoms with van der Waals surface area (Å²) in [7, 11) is 0. The third-order valence-corrected chi connectivity index (χ3v) is 7.82. The Morgan fingerprint density at radius 2 is 2.00 bits per heavy atom. The molecule has 0 amide bonds. The number of aryl methyl sites for hydroxylation is 1. The molecular formula is C14H22IN3S2. The fourth-order valence-corrected chi connectivity index (χ4v) is 5.63. The highest BCUT2D eigenvalue weighted by atomic mass is 127. The number of rotatable bonds is 5. The molecule has 0 bridgehead atoms. The first-order valence-electron chi connectivity index (χ1n) is 7.18. The molecule has 1 aliphatic rings. The summed E-state index contributed by atoms with van der Waals surface area (Å²) in [6.07, 6.45) is 2.30. The lowest BCUT2D eigenvalue weighted by Gasteiger charge is -2.29. The van der Waals surface area contributed by atoms with Gasteiger partial charge in [-0.05, 0) is 42.4 Å². The zero-order chi connectivity index (χ0) is 14.5. The van der Waals surface area contributed by atoms with Gasteiger partial charge in [-0.2, -0.15) is 11.8 Å². The van der Waals surface area contributed by atoms with Crippen molar-refractivity contribution in [2.45, 2.75) is 44.1 Å². The Bertz CT molecular complexity index is 456. The van der Waals surface area contributed by atoms with Crippen molar-refractivity contribution in [1.82, 2.24) is 9.97 Å². The molecule has 1 aliphatic heterocycles. The maximum Gasteiger partial charge on any atom is 0.145 e. The summed E-state index contributed by atoms with van der Waals surface area (Å²) in [5.41, 5.74) is 1.10. The number of aromatic nitrogens is 2. The molecule has 2 rings (SSSR count). The molecule has 112 valence electrons. The van der Waals surface area contributed by atoms with Crippen LogP contribution in [0.2, 0.25) is 0 Å². The molecule has 20 heavy (non-hydrogen) atoms. The van der Waals surface area contributed by atoms with Crippen LogP contribution in [0.1, 0.15) is 43.5 Å². The molecule has 0 aliphatic carbocycles. The zero-order valence-electron chi connectivity index (χ0n) is 12.3. The molecule has 1 fully saturated rings. The molecule has 2 heterocycles. The lowest BCUT2D eigenvalue weighted by molar-refractivity contribution is 0.743. The number of hydrogen-bond donors (Lipinski definition) is 1. The van der Waals surface area contributed by atoms with Gasteiger partial charge in [0.2, 0.25) is 0 Å². The average Bonchev–Trinajstić information content (AvgIpc) is 2.48. The molecular weight excluding hydrogens is 401 g/mol. The van der Waals surface area contributed by atoms with Gasteiger partial charge in [0.05, 0.1) is 14.5 Å². The second-order valence-corrected chi connectivity index (χ2v) is 8.54. The van der Waals surface area contributed by atoms with Crippen molar-refractivity contribution >= 4 is 51.9 Å². The van der Waals surface area contributed by atoms with Crippen LogP contribution in [0.5, 0.6) is 0 Å². The van der Waals surface area contributed by atoms with Gasteiger partial charge in [-0.25, -0.2) is 9.97 Å². The highest BCUT2D eigenvalue weighted by Crippen LogP contribution is 2.43. The Balaban J connectivity index is 2.28. The molecule has 0 spiro atoms. The van der Waals surface area contributed by atoms with E-state index in [0.717, 1.165) is 33.9 Å². The minimum Gasteiger partial charge on any atom is -0.369 e. The van der Waals surface area contributed by atoms with E-state index in [2.05, 4.69) is 60.4 Å². The Kier molecular flexibility index (Phi) is 6.74. The maximum absolute atomic E-state index is 4.83. The second kappa shape index (κ2) is 8.08. The first-order valence-corrected chi connectivity index (χ1v) is 10.4. The van der Waals surface area contributed by atoms with Crippen LogP contribution in [0.4, 0.5) is 5.82 Å². The molecule has 1 N–H and O–H groups in total. The lowest BCUT2D eigenvalue weighted by Crippen LogP contribution is -2.21. The smallest absolute Gasteiger partial charge is 0.145 e. The van der Waals surface area contributed by atoms with Crippen molar-refractivity contribution in [3.8, 4) is 0 Å². The summed E-state index contributed by atoms with van der Waals surface area (Å²) in [5, 5.41) is 4.53. The molecule has 2 atom stereocenters. The third kappa shape index (κ3) is 3.94. The third-order valence-electron chi connectivity index (χ3n) is 3.28. The lowest BCUT2D eigenvalue weighted by atomic mass is 10.2. The summed E-state index contributed by atoms with van der Waals surface area (Å²) in [5.74, 6) is 4.49. The fourth-order valence-electron chi connectivity index (χ4n) is 2.21. The van der Waals surface area contributed by atoms with Crippen LogP contribution in [0.15, 0.2) is 0 Å². The normalized spacial score (nSPS) is 22.8. The van der Waals surface area contributed by atoms with E-state index >= 15 is 0 Å². The topological polar surface area (TPSA) is 37.8 Å². The number of anilines is 1. The molecule has 1 saturated heterocycles. The van der Waals surface area contributed by atoms with E-state index in [0.29, 0.717) is 10.5 Å². The van der Waals surface area contributed by atoms with E-state index in [4.69, 9.17) is 9.97 Å². The van der Waals surface area contributed by atoms with Gasteiger partial charge in [-0.3, -0.25) is 0 Å². The summed E-state index contributed by atoms with van der Waals surface area (Å²) >= 11 is 6.44.